The molecule has 130 valence electrons. The second kappa shape index (κ2) is 6.18. The zero-order valence-corrected chi connectivity index (χ0v) is 14.8. The highest BCUT2D eigenvalue weighted by atomic mass is 32.1. The lowest BCUT2D eigenvalue weighted by Gasteiger charge is -2.24. The third-order valence-corrected chi connectivity index (χ3v) is 5.80. The minimum atomic E-state index is -0.127. The van der Waals surface area contributed by atoms with E-state index < -0.39 is 0 Å². The van der Waals surface area contributed by atoms with Crippen LogP contribution in [-0.2, 0) is 11.3 Å². The quantitative estimate of drug-likeness (QED) is 0.832. The first-order chi connectivity index (χ1) is 12.0. The van der Waals surface area contributed by atoms with Crippen molar-refractivity contribution in [2.24, 2.45) is 5.41 Å². The molecule has 0 unspecified atom stereocenters. The van der Waals surface area contributed by atoms with Crippen LogP contribution in [0, 0.1) is 12.3 Å². The molecule has 2 aliphatic rings. The van der Waals surface area contributed by atoms with Crippen molar-refractivity contribution in [3.05, 3.63) is 40.1 Å². The van der Waals surface area contributed by atoms with Crippen molar-refractivity contribution in [1.29, 1.82) is 0 Å². The number of aromatic nitrogens is 3. The van der Waals surface area contributed by atoms with E-state index in [2.05, 4.69) is 15.2 Å². The average Bonchev–Trinajstić information content (AvgIpc) is 3.29. The largest absolute Gasteiger partial charge is 0.338 e. The smallest absolute Gasteiger partial charge is 0.255 e. The molecule has 0 saturated carbocycles. The summed E-state index contributed by atoms with van der Waals surface area (Å²) in [5.41, 5.74) is 1.37. The number of carbonyl (C=O) groups is 2. The monoisotopic (exact) mass is 357 g/mol. The first-order valence-electron chi connectivity index (χ1n) is 8.29. The first-order valence-corrected chi connectivity index (χ1v) is 9.17. The molecule has 2 saturated heterocycles. The Morgan fingerprint density at radius 2 is 2.24 bits per heavy atom. The van der Waals surface area contributed by atoms with Crippen LogP contribution < -0.4 is 0 Å². The van der Waals surface area contributed by atoms with E-state index in [1.807, 2.05) is 22.1 Å². The van der Waals surface area contributed by atoms with E-state index in [-0.39, 0.29) is 17.2 Å². The number of nitrogens with zero attached hydrogens (tertiary/aromatic N) is 5. The molecule has 0 radical (unpaired) electrons. The van der Waals surface area contributed by atoms with Crippen molar-refractivity contribution in [2.45, 2.75) is 26.3 Å². The Kier molecular flexibility index (Phi) is 3.99. The number of amides is 2. The van der Waals surface area contributed by atoms with Crippen LogP contribution in [-0.4, -0.2) is 56.4 Å². The molecule has 4 rings (SSSR count). The van der Waals surface area contributed by atoms with E-state index in [0.29, 0.717) is 38.2 Å². The lowest BCUT2D eigenvalue weighted by atomic mass is 9.86. The number of hydrogen-bond acceptors (Lipinski definition) is 6. The van der Waals surface area contributed by atoms with Crippen molar-refractivity contribution >= 4 is 23.2 Å². The standard InChI is InChI=1S/C17H19N5O2S/c1-12-20-14(9-25-12)8-22-11-17(6-15(22)23)3-5-21(10-17)16(24)13-2-4-18-19-7-13/h2,4,7,9H,3,5-6,8,10-11H2,1H3/t17-/m1/s1. The fourth-order valence-electron chi connectivity index (χ4n) is 3.78. The molecule has 2 aromatic rings. The van der Waals surface area contributed by atoms with E-state index in [0.717, 1.165) is 17.1 Å². The highest BCUT2D eigenvalue weighted by Gasteiger charge is 2.48. The maximum Gasteiger partial charge on any atom is 0.255 e. The predicted molar refractivity (Wildman–Crippen MR) is 91.9 cm³/mol. The van der Waals surface area contributed by atoms with Gasteiger partial charge in [-0.25, -0.2) is 4.98 Å². The van der Waals surface area contributed by atoms with Gasteiger partial charge in [0.15, 0.2) is 0 Å². The number of carbonyl (C=O) groups excluding carboxylic acids is 2. The number of aryl methyl sites for hydroxylation is 1. The van der Waals surface area contributed by atoms with Crippen LogP contribution in [0.25, 0.3) is 0 Å². The molecule has 0 aliphatic carbocycles. The van der Waals surface area contributed by atoms with Crippen LogP contribution in [0.15, 0.2) is 23.8 Å². The van der Waals surface area contributed by atoms with Gasteiger partial charge in [0.05, 0.1) is 35.2 Å². The number of rotatable bonds is 3. The molecule has 2 aromatic heterocycles. The molecule has 1 spiro atoms. The summed E-state index contributed by atoms with van der Waals surface area (Å²) in [6.07, 6.45) is 4.38. The van der Waals surface area contributed by atoms with Gasteiger partial charge in [-0.2, -0.15) is 10.2 Å². The molecule has 7 nitrogen and oxygen atoms in total. The lowest BCUT2D eigenvalue weighted by Crippen LogP contribution is -2.34. The molecule has 25 heavy (non-hydrogen) atoms. The van der Waals surface area contributed by atoms with Crippen molar-refractivity contribution in [1.82, 2.24) is 25.0 Å². The van der Waals surface area contributed by atoms with Gasteiger partial charge in [0, 0.05) is 36.9 Å². The fraction of sp³-hybridized carbons (Fsp3) is 0.471. The second-order valence-electron chi connectivity index (χ2n) is 6.89. The maximum absolute atomic E-state index is 12.6. The summed E-state index contributed by atoms with van der Waals surface area (Å²) < 4.78 is 0. The van der Waals surface area contributed by atoms with Crippen LogP contribution in [0.2, 0.25) is 0 Å². The Bertz CT molecular complexity index is 808. The summed E-state index contributed by atoms with van der Waals surface area (Å²) in [5.74, 6) is 0.123. The Morgan fingerprint density at radius 1 is 1.36 bits per heavy atom. The van der Waals surface area contributed by atoms with Crippen molar-refractivity contribution < 1.29 is 9.59 Å². The van der Waals surface area contributed by atoms with Gasteiger partial charge < -0.3 is 9.80 Å². The second-order valence-corrected chi connectivity index (χ2v) is 7.95. The maximum atomic E-state index is 12.6. The molecular formula is C17H19N5O2S. The minimum Gasteiger partial charge on any atom is -0.338 e. The van der Waals surface area contributed by atoms with Crippen LogP contribution in [0.5, 0.6) is 0 Å². The molecule has 2 amide bonds. The Labute approximate surface area is 149 Å². The number of hydrogen-bond donors (Lipinski definition) is 0. The number of likely N-dealkylation sites (tertiary alicyclic amines) is 2. The van der Waals surface area contributed by atoms with Gasteiger partial charge in [0.25, 0.3) is 5.91 Å². The molecule has 2 fully saturated rings. The van der Waals surface area contributed by atoms with Gasteiger partial charge in [-0.15, -0.1) is 11.3 Å². The zero-order chi connectivity index (χ0) is 17.4. The van der Waals surface area contributed by atoms with E-state index in [9.17, 15) is 9.59 Å². The molecule has 2 aliphatic heterocycles. The summed E-state index contributed by atoms with van der Waals surface area (Å²) in [5, 5.41) is 10.5. The van der Waals surface area contributed by atoms with Crippen molar-refractivity contribution in [3.63, 3.8) is 0 Å². The topological polar surface area (TPSA) is 79.3 Å². The first kappa shape index (κ1) is 16.1. The lowest BCUT2D eigenvalue weighted by molar-refractivity contribution is -0.128. The van der Waals surface area contributed by atoms with Gasteiger partial charge in [-0.05, 0) is 19.4 Å². The SMILES string of the molecule is Cc1nc(CN2C[C@]3(CCN(C(=O)c4ccnnc4)C3)CC2=O)cs1. The zero-order valence-electron chi connectivity index (χ0n) is 14.0. The van der Waals surface area contributed by atoms with Crippen molar-refractivity contribution in [3.8, 4) is 0 Å². The molecular weight excluding hydrogens is 338 g/mol. The van der Waals surface area contributed by atoms with Gasteiger partial charge in [0.2, 0.25) is 5.91 Å². The Hall–Kier alpha value is -2.35. The van der Waals surface area contributed by atoms with E-state index in [1.165, 1.54) is 12.4 Å². The van der Waals surface area contributed by atoms with Gasteiger partial charge in [-0.1, -0.05) is 0 Å². The van der Waals surface area contributed by atoms with E-state index in [4.69, 9.17) is 0 Å². The Morgan fingerprint density at radius 3 is 2.96 bits per heavy atom. The van der Waals surface area contributed by atoms with Crippen LogP contribution in [0.1, 0.15) is 33.9 Å². The molecule has 0 bridgehead atoms. The van der Waals surface area contributed by atoms with Gasteiger partial charge in [-0.3, -0.25) is 9.59 Å². The van der Waals surface area contributed by atoms with E-state index in [1.54, 1.807) is 17.4 Å². The fourth-order valence-corrected chi connectivity index (χ4v) is 4.39. The van der Waals surface area contributed by atoms with Crippen LogP contribution in [0.3, 0.4) is 0 Å². The van der Waals surface area contributed by atoms with Crippen LogP contribution in [0.4, 0.5) is 0 Å². The van der Waals surface area contributed by atoms with Gasteiger partial charge >= 0.3 is 0 Å². The number of thiazole rings is 1. The third kappa shape index (κ3) is 3.13. The minimum absolute atomic E-state index is 0.0344. The molecule has 4 heterocycles. The summed E-state index contributed by atoms with van der Waals surface area (Å²) in [4.78, 5) is 33.2. The van der Waals surface area contributed by atoms with Crippen molar-refractivity contribution in [2.75, 3.05) is 19.6 Å². The summed E-state index contributed by atoms with van der Waals surface area (Å²) >= 11 is 1.60. The highest BCUT2D eigenvalue weighted by Crippen LogP contribution is 2.41. The Balaban J connectivity index is 1.43. The molecule has 8 heteroatoms. The molecule has 1 atom stereocenters. The summed E-state index contributed by atoms with van der Waals surface area (Å²) in [7, 11) is 0. The molecule has 0 N–H and O–H groups in total. The predicted octanol–water partition coefficient (Wildman–Crippen LogP) is 1.51. The third-order valence-electron chi connectivity index (χ3n) is 4.98. The summed E-state index contributed by atoms with van der Waals surface area (Å²) in [6, 6.07) is 1.68. The van der Waals surface area contributed by atoms with Crippen LogP contribution >= 0.6 is 11.3 Å². The average molecular weight is 357 g/mol. The highest BCUT2D eigenvalue weighted by molar-refractivity contribution is 7.09. The van der Waals surface area contributed by atoms with Gasteiger partial charge in [0.1, 0.15) is 0 Å². The van der Waals surface area contributed by atoms with E-state index >= 15 is 0 Å². The summed E-state index contributed by atoms with van der Waals surface area (Å²) in [6.45, 7) is 4.52. The molecule has 0 aromatic carbocycles. The normalized spacial score (nSPS) is 23.0.